The number of piperidine rings is 1. The van der Waals surface area contributed by atoms with Gasteiger partial charge in [-0.05, 0) is 38.0 Å². The van der Waals surface area contributed by atoms with E-state index in [0.29, 0.717) is 30.5 Å². The fourth-order valence-electron chi connectivity index (χ4n) is 2.86. The third-order valence-corrected chi connectivity index (χ3v) is 4.17. The van der Waals surface area contributed by atoms with Gasteiger partial charge in [0, 0.05) is 25.3 Å². The quantitative estimate of drug-likeness (QED) is 0.867. The van der Waals surface area contributed by atoms with Crippen LogP contribution < -0.4 is 0 Å². The molecule has 2 aromatic rings. The van der Waals surface area contributed by atoms with Crippen molar-refractivity contribution in [2.45, 2.75) is 25.8 Å². The van der Waals surface area contributed by atoms with E-state index in [1.807, 2.05) is 13.0 Å². The molecule has 6 nitrogen and oxygen atoms in total. The second-order valence-electron chi connectivity index (χ2n) is 5.11. The average molecular weight is 306 g/mol. The largest absolute Gasteiger partial charge is 0.450 e. The molecular weight excluding hydrogens is 288 g/mol. The van der Waals surface area contributed by atoms with Crippen molar-refractivity contribution in [1.82, 2.24) is 19.4 Å². The Hall–Kier alpha value is -1.89. The number of amides is 1. The van der Waals surface area contributed by atoms with Crippen LogP contribution in [0.15, 0.2) is 18.5 Å². The minimum Gasteiger partial charge on any atom is -0.450 e. The summed E-state index contributed by atoms with van der Waals surface area (Å²) in [6.07, 6.45) is 5.10. The molecule has 2 aromatic heterocycles. The Labute approximate surface area is 127 Å². The molecule has 1 saturated heterocycles. The van der Waals surface area contributed by atoms with Crippen molar-refractivity contribution in [3.63, 3.8) is 0 Å². The summed E-state index contributed by atoms with van der Waals surface area (Å²) >= 11 is 5.43. The van der Waals surface area contributed by atoms with Crippen LogP contribution in [0.5, 0.6) is 0 Å². The lowest BCUT2D eigenvalue weighted by atomic mass is 10.1. The summed E-state index contributed by atoms with van der Waals surface area (Å²) in [5.74, 6) is 0. The maximum Gasteiger partial charge on any atom is 0.409 e. The first-order valence-corrected chi connectivity index (χ1v) is 7.57. The second kappa shape index (κ2) is 5.85. The van der Waals surface area contributed by atoms with E-state index in [9.17, 15) is 4.79 Å². The number of pyridine rings is 1. The molecule has 1 fully saturated rings. The number of hydrogen-bond acceptors (Lipinski definition) is 4. The molecule has 0 unspecified atom stereocenters. The van der Waals surface area contributed by atoms with Crippen LogP contribution in [0.1, 0.15) is 25.8 Å². The van der Waals surface area contributed by atoms with E-state index >= 15 is 0 Å². The van der Waals surface area contributed by atoms with Gasteiger partial charge >= 0.3 is 6.09 Å². The maximum absolute atomic E-state index is 11.7. The van der Waals surface area contributed by atoms with E-state index < -0.39 is 0 Å². The number of rotatable bonds is 2. The minimum absolute atomic E-state index is 0.220. The number of fused-ring (bicyclic) bond motifs is 1. The lowest BCUT2D eigenvalue weighted by Crippen LogP contribution is -2.39. The Morgan fingerprint density at radius 1 is 1.52 bits per heavy atom. The predicted molar refractivity (Wildman–Crippen MR) is 81.8 cm³/mol. The predicted octanol–water partition coefficient (Wildman–Crippen LogP) is 2.89. The first-order chi connectivity index (χ1) is 10.2. The summed E-state index contributed by atoms with van der Waals surface area (Å²) in [6.45, 7) is 3.63. The van der Waals surface area contributed by atoms with Crippen LogP contribution in [0.25, 0.3) is 11.0 Å². The standard InChI is InChI=1S/C14H18N4O2S/c1-2-20-14(19)17-7-4-10(5-8-17)18-12-3-6-15-9-11(12)16-13(18)21/h3,6,9-10H,2,4-5,7-8H2,1H3,(H,16,21). The lowest BCUT2D eigenvalue weighted by molar-refractivity contribution is 0.0929. The summed E-state index contributed by atoms with van der Waals surface area (Å²) < 4.78 is 7.91. The van der Waals surface area contributed by atoms with Crippen LogP contribution in [0.3, 0.4) is 0 Å². The highest BCUT2D eigenvalue weighted by molar-refractivity contribution is 7.71. The zero-order valence-corrected chi connectivity index (χ0v) is 12.7. The molecule has 7 heteroatoms. The van der Waals surface area contributed by atoms with Crippen molar-refractivity contribution in [2.24, 2.45) is 0 Å². The number of aromatic nitrogens is 3. The molecule has 1 aliphatic heterocycles. The topological polar surface area (TPSA) is 63.1 Å². The lowest BCUT2D eigenvalue weighted by Gasteiger charge is -2.32. The van der Waals surface area contributed by atoms with E-state index in [-0.39, 0.29) is 6.09 Å². The molecule has 3 rings (SSSR count). The number of nitrogens with zero attached hydrogens (tertiary/aromatic N) is 3. The SMILES string of the molecule is CCOC(=O)N1CCC(n2c(=S)[nH]c3cnccc32)CC1. The molecular formula is C14H18N4O2S. The van der Waals surface area contributed by atoms with Gasteiger partial charge in [0.05, 0.1) is 23.8 Å². The summed E-state index contributed by atoms with van der Waals surface area (Å²) in [6, 6.07) is 2.28. The number of hydrogen-bond donors (Lipinski definition) is 1. The number of nitrogens with one attached hydrogen (secondary N) is 1. The number of carbonyl (C=O) groups excluding carboxylic acids is 1. The van der Waals surface area contributed by atoms with Crippen LogP contribution >= 0.6 is 12.2 Å². The summed E-state index contributed by atoms with van der Waals surface area (Å²) in [5, 5.41) is 0. The fraction of sp³-hybridized carbons (Fsp3) is 0.500. The molecule has 1 N–H and O–H groups in total. The number of imidazole rings is 1. The fourth-order valence-corrected chi connectivity index (χ4v) is 3.22. The van der Waals surface area contributed by atoms with E-state index in [1.165, 1.54) is 0 Å². The molecule has 1 amide bonds. The summed E-state index contributed by atoms with van der Waals surface area (Å²) in [5.41, 5.74) is 2.03. The zero-order valence-electron chi connectivity index (χ0n) is 11.9. The van der Waals surface area contributed by atoms with Gasteiger partial charge in [-0.3, -0.25) is 4.98 Å². The molecule has 21 heavy (non-hydrogen) atoms. The molecule has 0 bridgehead atoms. The molecule has 0 aromatic carbocycles. The van der Waals surface area contributed by atoms with Crippen molar-refractivity contribution in [2.75, 3.05) is 19.7 Å². The first kappa shape index (κ1) is 14.1. The smallest absolute Gasteiger partial charge is 0.409 e. The Kier molecular flexibility index (Phi) is 3.92. The van der Waals surface area contributed by atoms with E-state index in [0.717, 1.165) is 23.9 Å². The number of aromatic amines is 1. The maximum atomic E-state index is 11.7. The van der Waals surface area contributed by atoms with Gasteiger partial charge in [0.1, 0.15) is 0 Å². The van der Waals surface area contributed by atoms with Gasteiger partial charge in [0.15, 0.2) is 4.77 Å². The van der Waals surface area contributed by atoms with Crippen LogP contribution in [-0.4, -0.2) is 45.2 Å². The van der Waals surface area contributed by atoms with Gasteiger partial charge in [-0.2, -0.15) is 0 Å². The molecule has 0 atom stereocenters. The van der Waals surface area contributed by atoms with Gasteiger partial charge in [-0.25, -0.2) is 4.79 Å². The number of H-pyrrole nitrogens is 1. The zero-order chi connectivity index (χ0) is 14.8. The van der Waals surface area contributed by atoms with Crippen LogP contribution in [-0.2, 0) is 4.74 Å². The van der Waals surface area contributed by atoms with Crippen molar-refractivity contribution in [3.05, 3.63) is 23.2 Å². The molecule has 112 valence electrons. The monoisotopic (exact) mass is 306 g/mol. The van der Waals surface area contributed by atoms with E-state index in [2.05, 4.69) is 14.5 Å². The van der Waals surface area contributed by atoms with Gasteiger partial charge < -0.3 is 19.2 Å². The highest BCUT2D eigenvalue weighted by Gasteiger charge is 2.25. The number of ether oxygens (including phenoxy) is 1. The molecule has 0 saturated carbocycles. The molecule has 0 spiro atoms. The number of carbonyl (C=O) groups is 1. The van der Waals surface area contributed by atoms with Gasteiger partial charge in [-0.1, -0.05) is 0 Å². The molecule has 1 aliphatic rings. The molecule has 0 radical (unpaired) electrons. The Morgan fingerprint density at radius 3 is 3.00 bits per heavy atom. The van der Waals surface area contributed by atoms with Crippen molar-refractivity contribution < 1.29 is 9.53 Å². The normalized spacial score (nSPS) is 16.3. The number of likely N-dealkylation sites (tertiary alicyclic amines) is 1. The van der Waals surface area contributed by atoms with Crippen molar-refractivity contribution >= 4 is 29.3 Å². The van der Waals surface area contributed by atoms with Crippen LogP contribution in [0.4, 0.5) is 4.79 Å². The highest BCUT2D eigenvalue weighted by atomic mass is 32.1. The van der Waals surface area contributed by atoms with Crippen LogP contribution in [0, 0.1) is 4.77 Å². The van der Waals surface area contributed by atoms with E-state index in [1.54, 1.807) is 17.3 Å². The van der Waals surface area contributed by atoms with Crippen molar-refractivity contribution in [1.29, 1.82) is 0 Å². The Bertz CT molecular complexity index is 700. The minimum atomic E-state index is -0.220. The van der Waals surface area contributed by atoms with Crippen LogP contribution in [0.2, 0.25) is 0 Å². The Morgan fingerprint density at radius 2 is 2.29 bits per heavy atom. The van der Waals surface area contributed by atoms with E-state index in [4.69, 9.17) is 17.0 Å². The van der Waals surface area contributed by atoms with Crippen molar-refractivity contribution in [3.8, 4) is 0 Å². The molecule has 0 aliphatic carbocycles. The van der Waals surface area contributed by atoms with Gasteiger partial charge in [-0.15, -0.1) is 0 Å². The Balaban J connectivity index is 1.79. The third kappa shape index (κ3) is 2.65. The van der Waals surface area contributed by atoms with Gasteiger partial charge in [0.25, 0.3) is 0 Å². The van der Waals surface area contributed by atoms with Gasteiger partial charge in [0.2, 0.25) is 0 Å². The first-order valence-electron chi connectivity index (χ1n) is 7.16. The highest BCUT2D eigenvalue weighted by Crippen LogP contribution is 2.27. The summed E-state index contributed by atoms with van der Waals surface area (Å²) in [7, 11) is 0. The second-order valence-corrected chi connectivity index (χ2v) is 5.50. The summed E-state index contributed by atoms with van der Waals surface area (Å²) in [4.78, 5) is 20.8. The molecule has 3 heterocycles. The average Bonchev–Trinajstić information content (AvgIpc) is 2.83. The third-order valence-electron chi connectivity index (χ3n) is 3.87.